The molecule has 0 spiro atoms. The van der Waals surface area contributed by atoms with Crippen LogP contribution in [0.3, 0.4) is 0 Å². The lowest BCUT2D eigenvalue weighted by Gasteiger charge is -2.34. The molecule has 0 aliphatic carbocycles. The van der Waals surface area contributed by atoms with E-state index in [9.17, 15) is 14.0 Å². The summed E-state index contributed by atoms with van der Waals surface area (Å²) in [7, 11) is 0. The summed E-state index contributed by atoms with van der Waals surface area (Å²) in [4.78, 5) is 33.0. The molecule has 0 unspecified atom stereocenters. The van der Waals surface area contributed by atoms with E-state index in [0.29, 0.717) is 37.6 Å². The molecule has 1 aliphatic heterocycles. The lowest BCUT2D eigenvalue weighted by Crippen LogP contribution is -2.51. The highest BCUT2D eigenvalue weighted by atomic mass is 19.1. The Labute approximate surface area is 172 Å². The van der Waals surface area contributed by atoms with Crippen LogP contribution >= 0.6 is 0 Å². The smallest absolute Gasteiger partial charge is 0.276 e. The number of amides is 2. The molecule has 0 bridgehead atoms. The van der Waals surface area contributed by atoms with E-state index in [1.165, 1.54) is 16.8 Å². The molecule has 2 aromatic heterocycles. The number of carbonyl (C=O) groups is 2. The zero-order valence-corrected chi connectivity index (χ0v) is 16.5. The molecule has 3 aromatic rings. The minimum absolute atomic E-state index is 0.000709. The van der Waals surface area contributed by atoms with Crippen molar-refractivity contribution in [2.24, 2.45) is 0 Å². The van der Waals surface area contributed by atoms with E-state index in [1.807, 2.05) is 18.2 Å². The Morgan fingerprint density at radius 3 is 2.37 bits per heavy atom. The minimum atomic E-state index is -0.344. The molecule has 2 amide bonds. The first-order valence-corrected chi connectivity index (χ1v) is 9.68. The molecule has 1 saturated heterocycles. The summed E-state index contributed by atoms with van der Waals surface area (Å²) in [5.41, 5.74) is 2.20. The number of benzene rings is 1. The van der Waals surface area contributed by atoms with Crippen molar-refractivity contribution < 1.29 is 14.0 Å². The summed E-state index contributed by atoms with van der Waals surface area (Å²) >= 11 is 0. The number of aromatic nitrogens is 4. The number of carbonyl (C=O) groups excluding carboxylic acids is 2. The summed E-state index contributed by atoms with van der Waals surface area (Å²) in [6.45, 7) is 3.53. The number of hydrogen-bond acceptors (Lipinski definition) is 5. The van der Waals surface area contributed by atoms with Crippen molar-refractivity contribution >= 4 is 11.8 Å². The second kappa shape index (κ2) is 8.40. The molecule has 154 valence electrons. The highest BCUT2D eigenvalue weighted by Gasteiger charge is 2.28. The third-order valence-electron chi connectivity index (χ3n) is 5.15. The number of rotatable bonds is 4. The predicted molar refractivity (Wildman–Crippen MR) is 106 cm³/mol. The van der Waals surface area contributed by atoms with Crippen LogP contribution in [-0.4, -0.2) is 67.8 Å². The topological polar surface area (TPSA) is 84.2 Å². The number of nitrogens with zero attached hydrogens (tertiary/aromatic N) is 6. The van der Waals surface area contributed by atoms with Crippen molar-refractivity contribution in [3.8, 4) is 5.69 Å². The van der Waals surface area contributed by atoms with Crippen LogP contribution in [0.2, 0.25) is 0 Å². The van der Waals surface area contributed by atoms with Crippen molar-refractivity contribution in [2.45, 2.75) is 13.3 Å². The maximum absolute atomic E-state index is 13.2. The third-order valence-corrected chi connectivity index (χ3v) is 5.15. The Kier molecular flexibility index (Phi) is 5.51. The maximum atomic E-state index is 13.2. The van der Waals surface area contributed by atoms with Gasteiger partial charge in [-0.1, -0.05) is 11.3 Å². The first-order valence-electron chi connectivity index (χ1n) is 9.68. The zero-order chi connectivity index (χ0) is 21.1. The Bertz CT molecular complexity index is 1040. The highest BCUT2D eigenvalue weighted by Crippen LogP contribution is 2.16. The lowest BCUT2D eigenvalue weighted by molar-refractivity contribution is -0.132. The van der Waals surface area contributed by atoms with Gasteiger partial charge in [0, 0.05) is 38.1 Å². The molecule has 3 heterocycles. The zero-order valence-electron chi connectivity index (χ0n) is 16.5. The normalized spacial score (nSPS) is 14.1. The van der Waals surface area contributed by atoms with E-state index in [0.717, 1.165) is 5.69 Å². The van der Waals surface area contributed by atoms with Crippen LogP contribution in [-0.2, 0) is 11.2 Å². The SMILES string of the molecule is Cc1c(C(=O)N2CCN(C(=O)Cc3ccccn3)CC2)nnn1-c1ccc(F)cc1. The Balaban J connectivity index is 1.39. The van der Waals surface area contributed by atoms with Crippen LogP contribution < -0.4 is 0 Å². The van der Waals surface area contributed by atoms with Gasteiger partial charge in [0.05, 0.1) is 17.8 Å². The lowest BCUT2D eigenvalue weighted by atomic mass is 10.2. The van der Waals surface area contributed by atoms with Crippen LogP contribution in [0.4, 0.5) is 4.39 Å². The van der Waals surface area contributed by atoms with Gasteiger partial charge >= 0.3 is 0 Å². The van der Waals surface area contributed by atoms with Crippen molar-refractivity contribution in [1.29, 1.82) is 0 Å². The molecular weight excluding hydrogens is 387 g/mol. The summed E-state index contributed by atoms with van der Waals surface area (Å²) in [6.07, 6.45) is 1.92. The van der Waals surface area contributed by atoms with Gasteiger partial charge in [0.25, 0.3) is 5.91 Å². The van der Waals surface area contributed by atoms with E-state index >= 15 is 0 Å². The molecule has 0 saturated carbocycles. The molecule has 4 rings (SSSR count). The molecule has 9 heteroatoms. The average molecular weight is 408 g/mol. The largest absolute Gasteiger partial charge is 0.339 e. The summed E-state index contributed by atoms with van der Waals surface area (Å²) < 4.78 is 14.7. The number of halogens is 1. The van der Waals surface area contributed by atoms with E-state index in [1.54, 1.807) is 35.1 Å². The van der Waals surface area contributed by atoms with Gasteiger partial charge in [-0.3, -0.25) is 14.6 Å². The average Bonchev–Trinajstić information content (AvgIpc) is 3.16. The first-order chi connectivity index (χ1) is 14.5. The monoisotopic (exact) mass is 408 g/mol. The molecule has 0 N–H and O–H groups in total. The fourth-order valence-electron chi connectivity index (χ4n) is 3.43. The molecule has 8 nitrogen and oxygen atoms in total. The summed E-state index contributed by atoms with van der Waals surface area (Å²) in [5.74, 6) is -0.569. The van der Waals surface area contributed by atoms with Gasteiger partial charge < -0.3 is 9.80 Å². The number of hydrogen-bond donors (Lipinski definition) is 0. The van der Waals surface area contributed by atoms with Gasteiger partial charge in [0.15, 0.2) is 5.69 Å². The van der Waals surface area contributed by atoms with Crippen LogP contribution in [0, 0.1) is 12.7 Å². The van der Waals surface area contributed by atoms with Gasteiger partial charge in [-0.05, 0) is 43.3 Å². The van der Waals surface area contributed by atoms with Crippen molar-refractivity contribution in [3.05, 3.63) is 71.6 Å². The van der Waals surface area contributed by atoms with Gasteiger partial charge in [0.1, 0.15) is 5.82 Å². The maximum Gasteiger partial charge on any atom is 0.276 e. The van der Waals surface area contributed by atoms with Crippen molar-refractivity contribution in [1.82, 2.24) is 29.8 Å². The minimum Gasteiger partial charge on any atom is -0.339 e. The Hall–Kier alpha value is -3.62. The van der Waals surface area contributed by atoms with E-state index < -0.39 is 0 Å². The van der Waals surface area contributed by atoms with Crippen LogP contribution in [0.5, 0.6) is 0 Å². The van der Waals surface area contributed by atoms with Crippen LogP contribution in [0.25, 0.3) is 5.69 Å². The molecule has 0 atom stereocenters. The summed E-state index contributed by atoms with van der Waals surface area (Å²) in [5, 5.41) is 8.09. The molecule has 1 aromatic carbocycles. The fourth-order valence-corrected chi connectivity index (χ4v) is 3.43. The number of pyridine rings is 1. The molecular formula is C21H21FN6O2. The molecule has 1 aliphatic rings. The molecule has 30 heavy (non-hydrogen) atoms. The summed E-state index contributed by atoms with van der Waals surface area (Å²) in [6, 6.07) is 11.3. The standard InChI is InChI=1S/C21H21FN6O2/c1-15-20(24-25-28(15)18-7-5-16(22)6-8-18)21(30)27-12-10-26(11-13-27)19(29)14-17-4-2-3-9-23-17/h2-9H,10-14H2,1H3. The second-order valence-electron chi connectivity index (χ2n) is 7.08. The van der Waals surface area contributed by atoms with E-state index in [2.05, 4.69) is 15.3 Å². The van der Waals surface area contributed by atoms with Gasteiger partial charge in [-0.2, -0.15) is 0 Å². The number of piperazine rings is 1. The van der Waals surface area contributed by atoms with E-state index in [4.69, 9.17) is 0 Å². The molecule has 0 radical (unpaired) electrons. The highest BCUT2D eigenvalue weighted by molar-refractivity contribution is 5.93. The third kappa shape index (κ3) is 4.05. The first kappa shape index (κ1) is 19.7. The second-order valence-corrected chi connectivity index (χ2v) is 7.08. The van der Waals surface area contributed by atoms with Crippen LogP contribution in [0.1, 0.15) is 21.9 Å². The fraction of sp³-hybridized carbons (Fsp3) is 0.286. The van der Waals surface area contributed by atoms with Crippen molar-refractivity contribution in [3.63, 3.8) is 0 Å². The van der Waals surface area contributed by atoms with Crippen LogP contribution in [0.15, 0.2) is 48.7 Å². The quantitative estimate of drug-likeness (QED) is 0.655. The van der Waals surface area contributed by atoms with E-state index in [-0.39, 0.29) is 29.7 Å². The van der Waals surface area contributed by atoms with Gasteiger partial charge in [0.2, 0.25) is 5.91 Å². The Morgan fingerprint density at radius 2 is 1.70 bits per heavy atom. The van der Waals surface area contributed by atoms with Gasteiger partial charge in [-0.25, -0.2) is 9.07 Å². The Morgan fingerprint density at radius 1 is 1.00 bits per heavy atom. The van der Waals surface area contributed by atoms with Gasteiger partial charge in [-0.15, -0.1) is 5.10 Å². The van der Waals surface area contributed by atoms with Crippen molar-refractivity contribution in [2.75, 3.05) is 26.2 Å². The molecule has 1 fully saturated rings. The predicted octanol–water partition coefficient (Wildman–Crippen LogP) is 1.64.